The Morgan fingerprint density at radius 2 is 2.75 bits per heavy atom. The van der Waals surface area contributed by atoms with E-state index in [-0.39, 0.29) is 0 Å². The minimum absolute atomic E-state index is 0.893. The van der Waals surface area contributed by atoms with Gasteiger partial charge in [-0.2, -0.15) is 5.10 Å². The molecule has 1 rings (SSSR count). The van der Waals surface area contributed by atoms with Crippen LogP contribution in [0.2, 0.25) is 0 Å². The number of hydrogen-bond donors (Lipinski definition) is 0. The zero-order valence-electron chi connectivity index (χ0n) is 4.76. The van der Waals surface area contributed by atoms with Gasteiger partial charge in [0.05, 0.1) is 5.69 Å². The van der Waals surface area contributed by atoms with Crippen molar-refractivity contribution >= 4 is 6.20 Å². The highest BCUT2D eigenvalue weighted by Gasteiger charge is 1.85. The second-order valence-electron chi connectivity index (χ2n) is 1.52. The van der Waals surface area contributed by atoms with E-state index in [0.717, 1.165) is 5.69 Å². The van der Waals surface area contributed by atoms with Crippen LogP contribution in [-0.2, 0) is 0 Å². The maximum absolute atomic E-state index is 3.97. The van der Waals surface area contributed by atoms with Crippen molar-refractivity contribution in [1.82, 2.24) is 9.78 Å². The fourth-order valence-electron chi connectivity index (χ4n) is 0.484. The molecule has 1 heterocycles. The molecule has 0 saturated carbocycles. The van der Waals surface area contributed by atoms with E-state index in [0.29, 0.717) is 0 Å². The molecule has 0 unspecified atom stereocenters. The summed E-state index contributed by atoms with van der Waals surface area (Å²) in [5, 5.41) is 3.97. The molecule has 0 aromatic carbocycles. The van der Waals surface area contributed by atoms with Crippen molar-refractivity contribution in [3.05, 3.63) is 24.5 Å². The van der Waals surface area contributed by atoms with Crippen LogP contribution < -0.4 is 0 Å². The van der Waals surface area contributed by atoms with Crippen LogP contribution in [0.1, 0.15) is 5.69 Å². The van der Waals surface area contributed by atoms with E-state index in [1.165, 1.54) is 0 Å². The van der Waals surface area contributed by atoms with Gasteiger partial charge in [0, 0.05) is 18.5 Å². The molecule has 41 valence electrons. The van der Waals surface area contributed by atoms with Crippen LogP contribution in [-0.4, -0.2) is 9.78 Å². The summed E-state index contributed by atoms with van der Waals surface area (Å²) in [6, 6.07) is 2.90. The zero-order valence-corrected chi connectivity index (χ0v) is 4.76. The normalized spacial score (nSPS) is 9.12. The van der Waals surface area contributed by atoms with Gasteiger partial charge < -0.3 is 0 Å². The van der Waals surface area contributed by atoms with E-state index >= 15 is 0 Å². The third kappa shape index (κ3) is 0.780. The molecule has 2 heteroatoms. The summed E-state index contributed by atoms with van der Waals surface area (Å²) in [4.78, 5) is 0. The molecule has 0 saturated heterocycles. The number of hydrogen-bond acceptors (Lipinski definition) is 1. The molecule has 0 atom stereocenters. The lowest BCUT2D eigenvalue weighted by molar-refractivity contribution is 0.913. The molecule has 2 nitrogen and oxygen atoms in total. The SMILES string of the molecule is C=Cn1c[c]c(C)n1. The van der Waals surface area contributed by atoms with Crippen molar-refractivity contribution in [2.24, 2.45) is 0 Å². The van der Waals surface area contributed by atoms with Gasteiger partial charge in [-0.25, -0.2) is 4.68 Å². The first kappa shape index (κ1) is 5.09. The molecule has 0 fully saturated rings. The van der Waals surface area contributed by atoms with E-state index in [2.05, 4.69) is 17.7 Å². The van der Waals surface area contributed by atoms with Gasteiger partial charge in [-0.3, -0.25) is 0 Å². The fourth-order valence-corrected chi connectivity index (χ4v) is 0.484. The number of nitrogens with zero attached hydrogens (tertiary/aromatic N) is 2. The van der Waals surface area contributed by atoms with Crippen LogP contribution in [0.15, 0.2) is 12.8 Å². The van der Waals surface area contributed by atoms with Crippen LogP contribution in [0.4, 0.5) is 0 Å². The molecule has 8 heavy (non-hydrogen) atoms. The van der Waals surface area contributed by atoms with Crippen LogP contribution in [0.25, 0.3) is 6.20 Å². The summed E-state index contributed by atoms with van der Waals surface area (Å²) < 4.78 is 1.62. The predicted molar refractivity (Wildman–Crippen MR) is 32.2 cm³/mol. The van der Waals surface area contributed by atoms with Crippen molar-refractivity contribution in [3.8, 4) is 0 Å². The summed E-state index contributed by atoms with van der Waals surface area (Å²) in [5.74, 6) is 0. The molecule has 1 aromatic rings. The van der Waals surface area contributed by atoms with Crippen molar-refractivity contribution < 1.29 is 0 Å². The summed E-state index contributed by atoms with van der Waals surface area (Å²) in [5.41, 5.74) is 0.893. The van der Waals surface area contributed by atoms with Crippen LogP contribution in [0.5, 0.6) is 0 Å². The van der Waals surface area contributed by atoms with Gasteiger partial charge in [-0.15, -0.1) is 0 Å². The Bertz CT molecular complexity index is 188. The third-order valence-electron chi connectivity index (χ3n) is 0.858. The Labute approximate surface area is 48.4 Å². The second kappa shape index (κ2) is 1.82. The maximum atomic E-state index is 3.97. The molecule has 0 bridgehead atoms. The summed E-state index contributed by atoms with van der Waals surface area (Å²) in [7, 11) is 0. The van der Waals surface area contributed by atoms with Crippen LogP contribution in [0, 0.1) is 13.0 Å². The standard InChI is InChI=1S/C6H7N2/c1-3-8-5-4-6(2)7-8/h3,5H,1H2,2H3. The van der Waals surface area contributed by atoms with Crippen molar-refractivity contribution in [1.29, 1.82) is 0 Å². The van der Waals surface area contributed by atoms with E-state index < -0.39 is 0 Å². The minimum Gasteiger partial charge on any atom is -0.248 e. The summed E-state index contributed by atoms with van der Waals surface area (Å²) in [6.07, 6.45) is 3.37. The van der Waals surface area contributed by atoms with Crippen molar-refractivity contribution in [3.63, 3.8) is 0 Å². The Morgan fingerprint density at radius 1 is 2.00 bits per heavy atom. The van der Waals surface area contributed by atoms with Gasteiger partial charge in [-0.1, -0.05) is 6.58 Å². The Balaban J connectivity index is 3.00. The molecule has 0 spiro atoms. The zero-order chi connectivity index (χ0) is 5.98. The molecule has 1 radical (unpaired) electrons. The van der Waals surface area contributed by atoms with Gasteiger partial charge in [0.2, 0.25) is 0 Å². The van der Waals surface area contributed by atoms with E-state index in [9.17, 15) is 0 Å². The number of rotatable bonds is 1. The maximum Gasteiger partial charge on any atom is 0.0677 e. The summed E-state index contributed by atoms with van der Waals surface area (Å²) in [6.45, 7) is 5.41. The Kier molecular flexibility index (Phi) is 1.16. The minimum atomic E-state index is 0.893. The summed E-state index contributed by atoms with van der Waals surface area (Å²) >= 11 is 0. The highest BCUT2D eigenvalue weighted by Crippen LogP contribution is 1.89. The molecular weight excluding hydrogens is 100 g/mol. The number of aromatic nitrogens is 2. The van der Waals surface area contributed by atoms with E-state index in [4.69, 9.17) is 0 Å². The van der Waals surface area contributed by atoms with Gasteiger partial charge in [0.25, 0.3) is 0 Å². The quantitative estimate of drug-likeness (QED) is 0.525. The molecule has 0 N–H and O–H groups in total. The lowest BCUT2D eigenvalue weighted by atomic mass is 10.5. The number of aryl methyl sites for hydroxylation is 1. The Morgan fingerprint density at radius 3 is 3.00 bits per heavy atom. The lowest BCUT2D eigenvalue weighted by Gasteiger charge is -1.82. The Hall–Kier alpha value is -1.05. The van der Waals surface area contributed by atoms with E-state index in [1.54, 1.807) is 17.1 Å². The topological polar surface area (TPSA) is 17.8 Å². The van der Waals surface area contributed by atoms with Crippen LogP contribution in [0.3, 0.4) is 0 Å². The molecular formula is C6H7N2. The fraction of sp³-hybridized carbons (Fsp3) is 0.167. The van der Waals surface area contributed by atoms with Crippen molar-refractivity contribution in [2.45, 2.75) is 6.92 Å². The highest BCUT2D eigenvalue weighted by molar-refractivity contribution is 5.14. The molecule has 0 amide bonds. The molecule has 1 aromatic heterocycles. The molecule has 0 aliphatic carbocycles. The molecule has 0 aliphatic heterocycles. The third-order valence-corrected chi connectivity index (χ3v) is 0.858. The largest absolute Gasteiger partial charge is 0.248 e. The first-order chi connectivity index (χ1) is 3.83. The predicted octanol–water partition coefficient (Wildman–Crippen LogP) is 1.09. The first-order valence-corrected chi connectivity index (χ1v) is 2.39. The molecule has 0 aliphatic rings. The van der Waals surface area contributed by atoms with Gasteiger partial charge in [0.1, 0.15) is 0 Å². The van der Waals surface area contributed by atoms with Gasteiger partial charge in [0.15, 0.2) is 0 Å². The lowest BCUT2D eigenvalue weighted by Crippen LogP contribution is -1.83. The second-order valence-corrected chi connectivity index (χ2v) is 1.52. The van der Waals surface area contributed by atoms with Gasteiger partial charge in [-0.05, 0) is 6.92 Å². The smallest absolute Gasteiger partial charge is 0.0677 e. The average molecular weight is 107 g/mol. The first-order valence-electron chi connectivity index (χ1n) is 2.39. The average Bonchev–Trinajstić information content (AvgIpc) is 2.14. The highest BCUT2D eigenvalue weighted by atomic mass is 15.3. The van der Waals surface area contributed by atoms with Crippen molar-refractivity contribution in [2.75, 3.05) is 0 Å². The monoisotopic (exact) mass is 107 g/mol. The van der Waals surface area contributed by atoms with E-state index in [1.807, 2.05) is 6.92 Å². The van der Waals surface area contributed by atoms with Gasteiger partial charge >= 0.3 is 0 Å². The van der Waals surface area contributed by atoms with Crippen LogP contribution >= 0.6 is 0 Å².